The summed E-state index contributed by atoms with van der Waals surface area (Å²) in [5, 5.41) is 3.09. The van der Waals surface area contributed by atoms with Crippen LogP contribution in [0.4, 0.5) is 0 Å². The second-order valence-corrected chi connectivity index (χ2v) is 9.79. The lowest BCUT2D eigenvalue weighted by Crippen LogP contribution is -2.59. The molecular weight excluding hydrogens is 362 g/mol. The zero-order valence-electron chi connectivity index (χ0n) is 20.0. The topological polar surface area (TPSA) is 47.6 Å². The maximum Gasteiger partial charge on any atom is 0.220 e. The van der Waals surface area contributed by atoms with Gasteiger partial charge in [-0.2, -0.15) is 0 Å². The zero-order valence-corrected chi connectivity index (χ0v) is 20.0. The van der Waals surface area contributed by atoms with Crippen LogP contribution in [0.2, 0.25) is 0 Å². The van der Waals surface area contributed by atoms with Crippen LogP contribution in [0, 0.1) is 0 Å². The number of rotatable bonds is 17. The Bertz CT molecular complexity index is 412. The third kappa shape index (κ3) is 14.1. The summed E-state index contributed by atoms with van der Waals surface area (Å²) in [5.41, 5.74) is -0.401. The van der Waals surface area contributed by atoms with E-state index in [2.05, 4.69) is 12.2 Å². The molecule has 0 saturated carbocycles. The van der Waals surface area contributed by atoms with Crippen molar-refractivity contribution in [2.24, 2.45) is 0 Å². The first-order valence-corrected chi connectivity index (χ1v) is 12.5. The van der Waals surface area contributed by atoms with Crippen molar-refractivity contribution < 1.29 is 14.3 Å². The highest BCUT2D eigenvalue weighted by molar-refractivity contribution is 5.76. The number of carbonyl (C=O) groups is 1. The van der Waals surface area contributed by atoms with Crippen LogP contribution in [-0.4, -0.2) is 30.4 Å². The van der Waals surface area contributed by atoms with Crippen LogP contribution in [0.25, 0.3) is 0 Å². The molecule has 1 rings (SSSR count). The van der Waals surface area contributed by atoms with E-state index in [9.17, 15) is 4.79 Å². The summed E-state index contributed by atoms with van der Waals surface area (Å²) < 4.78 is 11.4. The quantitative estimate of drug-likeness (QED) is 0.265. The van der Waals surface area contributed by atoms with Gasteiger partial charge >= 0.3 is 0 Å². The molecule has 29 heavy (non-hydrogen) atoms. The molecule has 1 aliphatic heterocycles. The third-order valence-corrected chi connectivity index (χ3v) is 5.93. The second kappa shape index (κ2) is 15.2. The highest BCUT2D eigenvalue weighted by Crippen LogP contribution is 2.23. The summed E-state index contributed by atoms with van der Waals surface area (Å²) in [7, 11) is 0. The van der Waals surface area contributed by atoms with Crippen molar-refractivity contribution in [3.8, 4) is 0 Å². The monoisotopic (exact) mass is 411 g/mol. The molecule has 0 aromatic rings. The van der Waals surface area contributed by atoms with Crippen LogP contribution in [0.15, 0.2) is 0 Å². The predicted octanol–water partition coefficient (Wildman–Crippen LogP) is 6.91. The number of unbranched alkanes of at least 4 members (excludes halogenated alkanes) is 14. The van der Waals surface area contributed by atoms with Gasteiger partial charge in [0.2, 0.25) is 5.91 Å². The maximum absolute atomic E-state index is 12.2. The van der Waals surface area contributed by atoms with E-state index in [1.165, 1.54) is 83.5 Å². The van der Waals surface area contributed by atoms with Gasteiger partial charge in [-0.05, 0) is 27.2 Å². The normalized spacial score (nSPS) is 17.9. The van der Waals surface area contributed by atoms with Gasteiger partial charge in [-0.15, -0.1) is 0 Å². The van der Waals surface area contributed by atoms with Crippen LogP contribution >= 0.6 is 0 Å². The fourth-order valence-electron chi connectivity index (χ4n) is 3.88. The first-order chi connectivity index (χ1) is 13.9. The Hall–Kier alpha value is -0.610. The lowest BCUT2D eigenvalue weighted by Gasteiger charge is -2.41. The average molecular weight is 412 g/mol. The fraction of sp³-hybridized carbons (Fsp3) is 0.960. The summed E-state index contributed by atoms with van der Waals surface area (Å²) in [6, 6.07) is 0. The molecule has 4 heteroatoms. The van der Waals surface area contributed by atoms with Crippen LogP contribution in [0.3, 0.4) is 0 Å². The molecular formula is C25H49NO3. The van der Waals surface area contributed by atoms with Crippen LogP contribution in [0.1, 0.15) is 130 Å². The van der Waals surface area contributed by atoms with Gasteiger partial charge in [0.25, 0.3) is 0 Å². The van der Waals surface area contributed by atoms with Crippen molar-refractivity contribution in [3.63, 3.8) is 0 Å². The summed E-state index contributed by atoms with van der Waals surface area (Å²) >= 11 is 0. The molecule has 1 N–H and O–H groups in total. The Morgan fingerprint density at radius 2 is 1.07 bits per heavy atom. The molecule has 0 aromatic carbocycles. The summed E-state index contributed by atoms with van der Waals surface area (Å²) in [4.78, 5) is 12.2. The molecule has 172 valence electrons. The van der Waals surface area contributed by atoms with Gasteiger partial charge < -0.3 is 14.8 Å². The van der Waals surface area contributed by atoms with Crippen molar-refractivity contribution in [3.05, 3.63) is 0 Å². The first kappa shape index (κ1) is 26.4. The number of ether oxygens (including phenoxy) is 2. The van der Waals surface area contributed by atoms with Crippen LogP contribution in [0.5, 0.6) is 0 Å². The lowest BCUT2D eigenvalue weighted by atomic mass is 10.0. The van der Waals surface area contributed by atoms with Gasteiger partial charge in [0.15, 0.2) is 5.79 Å². The van der Waals surface area contributed by atoms with Gasteiger partial charge in [0.1, 0.15) is 0 Å². The Labute approximate surface area is 180 Å². The third-order valence-electron chi connectivity index (χ3n) is 5.93. The summed E-state index contributed by atoms with van der Waals surface area (Å²) in [5.74, 6) is -0.424. The molecule has 0 spiro atoms. The maximum atomic E-state index is 12.2. The molecule has 0 aromatic heterocycles. The number of hydrogen-bond donors (Lipinski definition) is 1. The minimum absolute atomic E-state index is 0.120. The second-order valence-electron chi connectivity index (χ2n) is 9.79. The van der Waals surface area contributed by atoms with E-state index >= 15 is 0 Å². The Balaban J connectivity index is 1.85. The number of nitrogens with one attached hydrogen (secondary N) is 1. The zero-order chi connectivity index (χ0) is 21.4. The first-order valence-electron chi connectivity index (χ1n) is 12.5. The van der Waals surface area contributed by atoms with E-state index in [-0.39, 0.29) is 5.91 Å². The predicted molar refractivity (Wildman–Crippen MR) is 122 cm³/mol. The molecule has 1 amide bonds. The summed E-state index contributed by atoms with van der Waals surface area (Å²) in [6.07, 6.45) is 20.8. The van der Waals surface area contributed by atoms with Crippen molar-refractivity contribution in [2.45, 2.75) is 142 Å². The fourth-order valence-corrected chi connectivity index (χ4v) is 3.88. The van der Waals surface area contributed by atoms with Gasteiger partial charge in [-0.1, -0.05) is 96.8 Å². The lowest BCUT2D eigenvalue weighted by molar-refractivity contribution is -0.268. The van der Waals surface area contributed by atoms with Crippen molar-refractivity contribution in [1.29, 1.82) is 0 Å². The number of hydrogen-bond acceptors (Lipinski definition) is 3. The van der Waals surface area contributed by atoms with Crippen molar-refractivity contribution >= 4 is 5.91 Å². The number of carbonyl (C=O) groups excluding carboxylic acids is 1. The molecule has 0 atom stereocenters. The van der Waals surface area contributed by atoms with Gasteiger partial charge in [-0.25, -0.2) is 0 Å². The largest absolute Gasteiger partial charge is 0.348 e. The Morgan fingerprint density at radius 1 is 0.690 bits per heavy atom. The molecule has 0 bridgehead atoms. The van der Waals surface area contributed by atoms with Crippen LogP contribution in [-0.2, 0) is 14.3 Å². The highest BCUT2D eigenvalue weighted by Gasteiger charge is 2.37. The van der Waals surface area contributed by atoms with E-state index in [1.54, 1.807) is 0 Å². The van der Waals surface area contributed by atoms with Gasteiger partial charge in [0, 0.05) is 6.42 Å². The van der Waals surface area contributed by atoms with Crippen molar-refractivity contribution in [1.82, 2.24) is 5.32 Å². The van der Waals surface area contributed by atoms with E-state index in [1.807, 2.05) is 20.8 Å². The van der Waals surface area contributed by atoms with Gasteiger partial charge in [-0.3, -0.25) is 4.79 Å². The molecule has 1 saturated heterocycles. The van der Waals surface area contributed by atoms with E-state index in [0.29, 0.717) is 19.6 Å². The Kier molecular flexibility index (Phi) is 13.9. The minimum atomic E-state index is -0.543. The SMILES string of the molecule is CCCCCCCCCCCCCCCCCC(=O)NC1(C)COC(C)(C)OC1. The molecule has 1 heterocycles. The van der Waals surface area contributed by atoms with E-state index < -0.39 is 11.3 Å². The average Bonchev–Trinajstić information content (AvgIpc) is 2.67. The highest BCUT2D eigenvalue weighted by atomic mass is 16.7. The molecule has 4 nitrogen and oxygen atoms in total. The Morgan fingerprint density at radius 3 is 1.48 bits per heavy atom. The van der Waals surface area contributed by atoms with E-state index in [0.717, 1.165) is 12.8 Å². The molecule has 1 aliphatic rings. The molecule has 1 fully saturated rings. The molecule has 0 aliphatic carbocycles. The standard InChI is InChI=1S/C25H49NO3/c1-5-6-7-8-9-10-11-12-13-14-15-16-17-18-19-20-23(27)26-25(4)21-28-24(2,3)29-22-25/h5-22H2,1-4H3,(H,26,27). The molecule has 0 unspecified atom stereocenters. The van der Waals surface area contributed by atoms with E-state index in [4.69, 9.17) is 9.47 Å². The molecule has 0 radical (unpaired) electrons. The van der Waals surface area contributed by atoms with Gasteiger partial charge in [0.05, 0.1) is 18.8 Å². The van der Waals surface area contributed by atoms with Crippen molar-refractivity contribution in [2.75, 3.05) is 13.2 Å². The summed E-state index contributed by atoms with van der Waals surface area (Å²) in [6.45, 7) is 9.09. The number of amides is 1. The van der Waals surface area contributed by atoms with Crippen LogP contribution < -0.4 is 5.32 Å². The smallest absolute Gasteiger partial charge is 0.220 e. The minimum Gasteiger partial charge on any atom is -0.348 e.